The number of carbonyl (C=O) groups excluding carboxylic acids is 1. The molecule has 2 N–H and O–H groups in total. The van der Waals surface area contributed by atoms with Gasteiger partial charge in [0.05, 0.1) is 23.9 Å². The van der Waals surface area contributed by atoms with Gasteiger partial charge in [0.25, 0.3) is 5.91 Å². The molecule has 0 radical (unpaired) electrons. The third kappa shape index (κ3) is 2.94. The number of halogens is 1. The Kier molecular flexibility index (Phi) is 4.06. The van der Waals surface area contributed by atoms with Crippen LogP contribution in [-0.2, 0) is 0 Å². The number of benzene rings is 2. The van der Waals surface area contributed by atoms with E-state index >= 15 is 0 Å². The third-order valence-corrected chi connectivity index (χ3v) is 3.50. The fraction of sp³-hybridized carbons (Fsp3) is 0.188. The van der Waals surface area contributed by atoms with E-state index in [1.54, 1.807) is 24.3 Å². The molecule has 0 bridgehead atoms. The van der Waals surface area contributed by atoms with Crippen LogP contribution in [0.15, 0.2) is 36.4 Å². The lowest BCUT2D eigenvalue weighted by Gasteiger charge is -2.12. The summed E-state index contributed by atoms with van der Waals surface area (Å²) >= 11 is 6.16. The van der Waals surface area contributed by atoms with Crippen molar-refractivity contribution in [3.63, 3.8) is 0 Å². The Morgan fingerprint density at radius 1 is 1.18 bits per heavy atom. The minimum atomic E-state index is -0.390. The Balaban J connectivity index is 1.88. The molecule has 1 aliphatic rings. The number of para-hydroxylation sites is 2. The van der Waals surface area contributed by atoms with Gasteiger partial charge in [-0.05, 0) is 24.3 Å². The molecule has 0 fully saturated rings. The molecule has 0 saturated carbocycles. The zero-order valence-corrected chi connectivity index (χ0v) is 12.4. The van der Waals surface area contributed by atoms with Crippen molar-refractivity contribution in [3.8, 4) is 17.2 Å². The van der Waals surface area contributed by atoms with Gasteiger partial charge in [-0.1, -0.05) is 23.7 Å². The van der Waals surface area contributed by atoms with Crippen LogP contribution in [-0.4, -0.2) is 24.2 Å². The van der Waals surface area contributed by atoms with E-state index in [0.29, 0.717) is 41.0 Å². The number of aromatic hydroxyl groups is 1. The molecule has 0 atom stereocenters. The lowest BCUT2D eigenvalue weighted by molar-refractivity contribution is 0.102. The van der Waals surface area contributed by atoms with Gasteiger partial charge in [-0.2, -0.15) is 0 Å². The SMILES string of the molecule is O=C(Nc1ccccc1O)c1cc(Cl)c2c(c1)OCCCO2. The Bertz CT molecular complexity index is 717. The summed E-state index contributed by atoms with van der Waals surface area (Å²) in [4.78, 5) is 12.3. The van der Waals surface area contributed by atoms with Crippen LogP contribution in [0.4, 0.5) is 5.69 Å². The zero-order valence-electron chi connectivity index (χ0n) is 11.6. The molecule has 1 aliphatic heterocycles. The number of ether oxygens (including phenoxy) is 2. The molecule has 2 aromatic rings. The number of fused-ring (bicyclic) bond motifs is 1. The van der Waals surface area contributed by atoms with Gasteiger partial charge in [-0.3, -0.25) is 4.79 Å². The van der Waals surface area contributed by atoms with Crippen molar-refractivity contribution in [1.82, 2.24) is 0 Å². The molecule has 0 aliphatic carbocycles. The van der Waals surface area contributed by atoms with Gasteiger partial charge in [0, 0.05) is 12.0 Å². The number of phenolic OH excluding ortho intramolecular Hbond substituents is 1. The molecule has 1 heterocycles. The molecule has 6 heteroatoms. The van der Waals surface area contributed by atoms with Gasteiger partial charge in [0.2, 0.25) is 0 Å². The number of carbonyl (C=O) groups is 1. The predicted molar refractivity (Wildman–Crippen MR) is 83.1 cm³/mol. The first-order valence-corrected chi connectivity index (χ1v) is 7.21. The standard InChI is InChI=1S/C16H14ClNO4/c17-11-8-10(9-14-15(11)22-7-3-6-21-14)16(20)18-12-4-1-2-5-13(12)19/h1-2,4-5,8-9,19H,3,6-7H2,(H,18,20). The van der Waals surface area contributed by atoms with E-state index in [-0.39, 0.29) is 11.7 Å². The fourth-order valence-electron chi connectivity index (χ4n) is 2.14. The van der Waals surface area contributed by atoms with Gasteiger partial charge in [0.15, 0.2) is 11.5 Å². The number of anilines is 1. The van der Waals surface area contributed by atoms with E-state index in [2.05, 4.69) is 5.32 Å². The molecule has 0 saturated heterocycles. The molecular formula is C16H14ClNO4. The fourth-order valence-corrected chi connectivity index (χ4v) is 2.40. The molecule has 2 aromatic carbocycles. The van der Waals surface area contributed by atoms with Gasteiger partial charge >= 0.3 is 0 Å². The first-order chi connectivity index (χ1) is 10.6. The highest BCUT2D eigenvalue weighted by atomic mass is 35.5. The minimum Gasteiger partial charge on any atom is -0.506 e. The van der Waals surface area contributed by atoms with Crippen molar-refractivity contribution >= 4 is 23.2 Å². The van der Waals surface area contributed by atoms with E-state index in [4.69, 9.17) is 21.1 Å². The monoisotopic (exact) mass is 319 g/mol. The normalized spacial score (nSPS) is 13.3. The van der Waals surface area contributed by atoms with E-state index < -0.39 is 0 Å². The average Bonchev–Trinajstić information content (AvgIpc) is 2.75. The van der Waals surface area contributed by atoms with Crippen molar-refractivity contribution in [1.29, 1.82) is 0 Å². The Morgan fingerprint density at radius 3 is 2.77 bits per heavy atom. The number of hydrogen-bond acceptors (Lipinski definition) is 4. The van der Waals surface area contributed by atoms with Crippen LogP contribution in [0, 0.1) is 0 Å². The van der Waals surface area contributed by atoms with Gasteiger partial charge in [-0.15, -0.1) is 0 Å². The van der Waals surface area contributed by atoms with Crippen molar-refractivity contribution in [2.24, 2.45) is 0 Å². The van der Waals surface area contributed by atoms with Crippen LogP contribution in [0.1, 0.15) is 16.8 Å². The number of nitrogens with one attached hydrogen (secondary N) is 1. The first-order valence-electron chi connectivity index (χ1n) is 6.83. The summed E-state index contributed by atoms with van der Waals surface area (Å²) in [5.41, 5.74) is 0.660. The number of rotatable bonds is 2. The Morgan fingerprint density at radius 2 is 1.95 bits per heavy atom. The highest BCUT2D eigenvalue weighted by Gasteiger charge is 2.19. The van der Waals surface area contributed by atoms with Crippen molar-refractivity contribution in [3.05, 3.63) is 47.0 Å². The van der Waals surface area contributed by atoms with Crippen LogP contribution in [0.5, 0.6) is 17.2 Å². The molecule has 0 aromatic heterocycles. The van der Waals surface area contributed by atoms with Crippen LogP contribution >= 0.6 is 11.6 Å². The number of phenols is 1. The summed E-state index contributed by atoms with van der Waals surface area (Å²) < 4.78 is 11.1. The van der Waals surface area contributed by atoms with E-state index in [1.807, 2.05) is 0 Å². The van der Waals surface area contributed by atoms with Crippen molar-refractivity contribution in [2.45, 2.75) is 6.42 Å². The highest BCUT2D eigenvalue weighted by Crippen LogP contribution is 2.38. The molecule has 22 heavy (non-hydrogen) atoms. The topological polar surface area (TPSA) is 67.8 Å². The quantitative estimate of drug-likeness (QED) is 0.832. The van der Waals surface area contributed by atoms with Gasteiger partial charge in [-0.25, -0.2) is 0 Å². The summed E-state index contributed by atoms with van der Waals surface area (Å²) in [6.45, 7) is 1.03. The largest absolute Gasteiger partial charge is 0.506 e. The summed E-state index contributed by atoms with van der Waals surface area (Å²) in [6, 6.07) is 9.60. The molecule has 1 amide bonds. The third-order valence-electron chi connectivity index (χ3n) is 3.22. The first kappa shape index (κ1) is 14.5. The van der Waals surface area contributed by atoms with Crippen LogP contribution in [0.2, 0.25) is 5.02 Å². The Hall–Kier alpha value is -2.40. The lowest BCUT2D eigenvalue weighted by atomic mass is 10.1. The second kappa shape index (κ2) is 6.15. The second-order valence-electron chi connectivity index (χ2n) is 4.81. The van der Waals surface area contributed by atoms with Crippen molar-refractivity contribution in [2.75, 3.05) is 18.5 Å². The van der Waals surface area contributed by atoms with Crippen molar-refractivity contribution < 1.29 is 19.4 Å². The zero-order chi connectivity index (χ0) is 15.5. The lowest BCUT2D eigenvalue weighted by Crippen LogP contribution is -2.12. The highest BCUT2D eigenvalue weighted by molar-refractivity contribution is 6.32. The van der Waals surface area contributed by atoms with Gasteiger partial charge in [0.1, 0.15) is 5.75 Å². The maximum Gasteiger partial charge on any atom is 0.255 e. The maximum atomic E-state index is 12.3. The van der Waals surface area contributed by atoms with E-state index in [1.165, 1.54) is 12.1 Å². The molecule has 0 unspecified atom stereocenters. The minimum absolute atomic E-state index is 0.00343. The molecule has 3 rings (SSSR count). The van der Waals surface area contributed by atoms with E-state index in [0.717, 1.165) is 6.42 Å². The number of hydrogen-bond donors (Lipinski definition) is 2. The molecule has 114 valence electrons. The number of amides is 1. The van der Waals surface area contributed by atoms with Crippen LogP contribution in [0.3, 0.4) is 0 Å². The smallest absolute Gasteiger partial charge is 0.255 e. The van der Waals surface area contributed by atoms with Gasteiger partial charge < -0.3 is 19.9 Å². The van der Waals surface area contributed by atoms with Crippen LogP contribution < -0.4 is 14.8 Å². The summed E-state index contributed by atoms with van der Waals surface area (Å²) in [7, 11) is 0. The molecule has 0 spiro atoms. The molecule has 5 nitrogen and oxygen atoms in total. The van der Waals surface area contributed by atoms with E-state index in [9.17, 15) is 9.90 Å². The average molecular weight is 320 g/mol. The van der Waals surface area contributed by atoms with Crippen LogP contribution in [0.25, 0.3) is 0 Å². The molecular weight excluding hydrogens is 306 g/mol. The maximum absolute atomic E-state index is 12.3. The predicted octanol–water partition coefficient (Wildman–Crippen LogP) is 3.46. The summed E-state index contributed by atoms with van der Waals surface area (Å²) in [5, 5.41) is 12.7. The summed E-state index contributed by atoms with van der Waals surface area (Å²) in [5.74, 6) is 0.515. The second-order valence-corrected chi connectivity index (χ2v) is 5.21. The summed E-state index contributed by atoms with van der Waals surface area (Å²) in [6.07, 6.45) is 0.754. The Labute approximate surface area is 132 Å².